The first-order valence-corrected chi connectivity index (χ1v) is 53.2. The Balaban J connectivity index is 0.820. The number of unbranched alkanes of at least 4 members (excludes halogenated alkanes) is 16. The van der Waals surface area contributed by atoms with Crippen LogP contribution in [0.25, 0.3) is 10.8 Å². The zero-order valence-corrected chi connectivity index (χ0v) is 65.6. The van der Waals surface area contributed by atoms with Crippen LogP contribution in [0.1, 0.15) is 157 Å². The number of rotatable bonds is 42. The van der Waals surface area contributed by atoms with Gasteiger partial charge in [0.05, 0.1) is 35.5 Å². The first kappa shape index (κ1) is 79.1. The maximum absolute atomic E-state index is 15.0. The molecule has 0 spiro atoms. The molecule has 0 saturated heterocycles. The van der Waals surface area contributed by atoms with Crippen molar-refractivity contribution < 1.29 is 72.8 Å². The van der Waals surface area contributed by atoms with Crippen molar-refractivity contribution >= 4 is 85.0 Å². The van der Waals surface area contributed by atoms with E-state index in [1.165, 1.54) is 149 Å². The molecule has 0 aliphatic rings. The first-order chi connectivity index (χ1) is 45.2. The monoisotopic (exact) mass is 1420 g/mol. The smallest absolute Gasteiger partial charge is 0.343 e. The first-order valence-electron chi connectivity index (χ1n) is 34.5. The molecular weight excluding hydrogens is 1320 g/mol. The Morgan fingerprint density at radius 1 is 0.302 bits per heavy atom. The number of fused-ring (bicyclic) bond motifs is 1. The second-order valence-corrected chi connectivity index (χ2v) is 54.4. The molecule has 0 N–H and O–H groups in total. The van der Waals surface area contributed by atoms with E-state index in [2.05, 4.69) is 91.7 Å². The van der Waals surface area contributed by atoms with Crippen molar-refractivity contribution in [3.63, 3.8) is 0 Å². The van der Waals surface area contributed by atoms with E-state index >= 15 is 8.78 Å². The molecule has 96 heavy (non-hydrogen) atoms. The number of hydrogen-bond acceptors (Lipinski definition) is 14. The van der Waals surface area contributed by atoms with Crippen LogP contribution >= 0.6 is 0 Å². The molecule has 0 fully saturated rings. The molecule has 0 radical (unpaired) electrons. The van der Waals surface area contributed by atoms with Gasteiger partial charge >= 0.3 is 41.0 Å². The van der Waals surface area contributed by atoms with Crippen molar-refractivity contribution in [2.45, 2.75) is 219 Å². The molecule has 0 aromatic heterocycles. The third kappa shape index (κ3) is 29.6. The fourth-order valence-corrected chi connectivity index (χ4v) is 38.4. The normalized spacial score (nSPS) is 12.4. The number of halogens is 2. The predicted octanol–water partition coefficient (Wildman–Crippen LogP) is 21.3. The quantitative estimate of drug-likeness (QED) is 0.0154. The second-order valence-electron chi connectivity index (χ2n) is 29.1. The van der Waals surface area contributed by atoms with Gasteiger partial charge in [-0.15, -0.1) is 0 Å². The van der Waals surface area contributed by atoms with Gasteiger partial charge in [0.25, 0.3) is 0 Å². The average Bonchev–Trinajstić information content (AvgIpc) is 0.842. The van der Waals surface area contributed by atoms with E-state index in [-0.39, 0.29) is 56.8 Å². The van der Waals surface area contributed by atoms with Crippen LogP contribution in [0.3, 0.4) is 0 Å². The minimum absolute atomic E-state index is 0.0102. The van der Waals surface area contributed by atoms with Crippen LogP contribution in [0, 0.1) is 11.6 Å². The molecule has 0 aliphatic heterocycles. The van der Waals surface area contributed by atoms with Gasteiger partial charge in [0.2, 0.25) is 0 Å². The highest BCUT2D eigenvalue weighted by molar-refractivity contribution is 6.88. The van der Waals surface area contributed by atoms with Crippen LogP contribution in [-0.2, 0) is 16.5 Å². The Labute approximate surface area is 576 Å². The van der Waals surface area contributed by atoms with Crippen molar-refractivity contribution in [1.29, 1.82) is 0 Å². The van der Waals surface area contributed by atoms with Gasteiger partial charge in [-0.25, -0.2) is 28.0 Å². The number of ether oxygens (including phenoxy) is 6. The van der Waals surface area contributed by atoms with Gasteiger partial charge in [-0.3, -0.25) is 0 Å². The summed E-state index contributed by atoms with van der Waals surface area (Å²) in [6.07, 6.45) is 20.3. The van der Waals surface area contributed by atoms with Crippen molar-refractivity contribution in [2.75, 3.05) is 13.2 Å². The van der Waals surface area contributed by atoms with E-state index < -0.39 is 85.9 Å². The van der Waals surface area contributed by atoms with Gasteiger partial charge < -0.3 is 44.9 Å². The maximum atomic E-state index is 15.0. The molecule has 0 heterocycles. The van der Waals surface area contributed by atoms with Gasteiger partial charge in [-0.2, -0.15) is 0 Å². The molecular formula is C74H106F2O14Si6. The van der Waals surface area contributed by atoms with Gasteiger partial charge in [0.1, 0.15) is 23.0 Å². The fourth-order valence-electron chi connectivity index (χ4n) is 11.9. The summed E-state index contributed by atoms with van der Waals surface area (Å²) in [4.78, 5) is 52.3. The molecule has 0 aliphatic carbocycles. The highest BCUT2D eigenvalue weighted by atomic mass is 28.5. The fraction of sp³-hybridized carbons (Fsp3) is 0.486. The van der Waals surface area contributed by atoms with E-state index in [0.717, 1.165) is 63.5 Å². The molecule has 6 aromatic carbocycles. The molecule has 6 rings (SSSR count). The molecule has 6 aromatic rings. The second kappa shape index (κ2) is 37.3. The van der Waals surface area contributed by atoms with Crippen LogP contribution in [0.2, 0.25) is 104 Å². The summed E-state index contributed by atoms with van der Waals surface area (Å²) in [5.74, 6) is -3.18. The van der Waals surface area contributed by atoms with Crippen molar-refractivity contribution in [3.8, 4) is 34.5 Å². The van der Waals surface area contributed by atoms with Gasteiger partial charge in [0.15, 0.2) is 56.4 Å². The summed E-state index contributed by atoms with van der Waals surface area (Å²) in [6, 6.07) is 31.9. The van der Waals surface area contributed by atoms with Crippen LogP contribution in [0.5, 0.6) is 34.5 Å². The van der Waals surface area contributed by atoms with E-state index in [9.17, 15) is 19.2 Å². The molecule has 524 valence electrons. The van der Waals surface area contributed by atoms with Gasteiger partial charge in [-0.1, -0.05) is 115 Å². The summed E-state index contributed by atoms with van der Waals surface area (Å²) in [7, 11) is -10.9. The van der Waals surface area contributed by atoms with Gasteiger partial charge in [-0.05, 0) is 237 Å². The molecule has 22 heteroatoms. The number of carbonyl (C=O) groups is 4. The standard InChI is InChI=1S/C74H106F2O14Si6/c1-91(2,3)87-95(11,12)89-93(7,8)51-31-27-23-19-15-17-21-25-29-49-81-69-47-39-61(55-67(69)75)73(79)83-63-41-33-57(34-42-63)71(77)85-65-45-37-60-54-66(46-38-59(60)53-65)86-72(78)58-35-43-64(44-36-58)84-74(80)62-40-48-70(68(76)56-62)82-50-30-26-22-18-16-20-24-28-32-52-94(9,10)90-96(13,14)88-92(4,5)6/h33-48,53-56H,15-32,49-52H2,1-14H3. The predicted molar refractivity (Wildman–Crippen MR) is 394 cm³/mol. The molecule has 0 amide bonds. The van der Waals surface area contributed by atoms with E-state index in [4.69, 9.17) is 44.9 Å². The molecule has 0 atom stereocenters. The molecule has 0 unspecified atom stereocenters. The maximum Gasteiger partial charge on any atom is 0.343 e. The van der Waals surface area contributed by atoms with E-state index in [1.54, 1.807) is 36.4 Å². The minimum Gasteiger partial charge on any atom is -0.491 e. The molecule has 0 saturated carbocycles. The lowest BCUT2D eigenvalue weighted by atomic mass is 10.1. The van der Waals surface area contributed by atoms with E-state index in [1.807, 2.05) is 0 Å². The number of benzene rings is 6. The van der Waals surface area contributed by atoms with Crippen LogP contribution in [0.4, 0.5) is 8.78 Å². The number of esters is 4. The molecule has 0 bridgehead atoms. The third-order valence-electron chi connectivity index (χ3n) is 15.7. The topological polar surface area (TPSA) is 161 Å². The van der Waals surface area contributed by atoms with Crippen molar-refractivity contribution in [3.05, 3.63) is 155 Å². The summed E-state index contributed by atoms with van der Waals surface area (Å²) in [5, 5.41) is 1.41. The Kier molecular flexibility index (Phi) is 30.7. The average molecular weight is 1430 g/mol. The lowest BCUT2D eigenvalue weighted by molar-refractivity contribution is 0.0719. The summed E-state index contributed by atoms with van der Waals surface area (Å²) in [6.45, 7) is 32.2. The lowest BCUT2D eigenvalue weighted by Gasteiger charge is -2.37. The summed E-state index contributed by atoms with van der Waals surface area (Å²) >= 11 is 0. The van der Waals surface area contributed by atoms with Crippen molar-refractivity contribution in [1.82, 2.24) is 0 Å². The minimum atomic E-state index is -2.10. The van der Waals surface area contributed by atoms with Crippen LogP contribution in [0.15, 0.2) is 121 Å². The molecule has 14 nitrogen and oxygen atoms in total. The van der Waals surface area contributed by atoms with Crippen LogP contribution in [-0.4, -0.2) is 87.5 Å². The Bertz CT molecular complexity index is 3230. The van der Waals surface area contributed by atoms with Crippen molar-refractivity contribution in [2.24, 2.45) is 0 Å². The number of hydrogen-bond donors (Lipinski definition) is 0. The Hall–Kier alpha value is -5.94. The summed E-state index contributed by atoms with van der Waals surface area (Å²) in [5.41, 5.74) is 0.414. The Morgan fingerprint density at radius 2 is 0.573 bits per heavy atom. The highest BCUT2D eigenvalue weighted by Crippen LogP contribution is 2.31. The van der Waals surface area contributed by atoms with E-state index in [0.29, 0.717) is 24.0 Å². The third-order valence-corrected chi connectivity index (χ3v) is 36.0. The lowest BCUT2D eigenvalue weighted by Crippen LogP contribution is -2.51. The highest BCUT2D eigenvalue weighted by Gasteiger charge is 2.39. The van der Waals surface area contributed by atoms with Gasteiger partial charge in [0, 0.05) is 0 Å². The summed E-state index contributed by atoms with van der Waals surface area (Å²) < 4.78 is 89.8. The largest absolute Gasteiger partial charge is 0.491 e. The number of carbonyl (C=O) groups excluding carboxylic acids is 4. The zero-order chi connectivity index (χ0) is 70.2. The SMILES string of the molecule is C[Si](C)(C)O[Si](C)(C)O[Si](C)(C)CCCCCCCCCCCOc1ccc(C(=O)Oc2ccc(C(=O)Oc3ccc4cc(OC(=O)c5ccc(OC(=O)c6ccc(OCCCCCCCCCCC[Si](C)(C)O[Si](C)(C)O[Si](C)(C)C)c(F)c6)cc5)ccc4c3)cc2)cc1F. The zero-order valence-electron chi connectivity index (χ0n) is 59.6. The Morgan fingerprint density at radius 3 is 0.885 bits per heavy atom. The van der Waals surface area contributed by atoms with Crippen LogP contribution < -0.4 is 28.4 Å².